The molecule has 0 aromatic carbocycles. The molecule has 21 heavy (non-hydrogen) atoms. The fraction of sp³-hybridized carbons (Fsp3) is 0.562. The minimum Gasteiger partial charge on any atom is -0.469 e. The van der Waals surface area contributed by atoms with E-state index in [1.165, 1.54) is 12.8 Å². The Labute approximate surface area is 126 Å². The molecule has 1 saturated carbocycles. The fourth-order valence-electron chi connectivity index (χ4n) is 2.20. The maximum atomic E-state index is 5.32. The van der Waals surface area contributed by atoms with Crippen molar-refractivity contribution in [3.8, 4) is 0 Å². The van der Waals surface area contributed by atoms with Crippen LogP contribution in [-0.4, -0.2) is 38.8 Å². The molecule has 0 aliphatic heterocycles. The van der Waals surface area contributed by atoms with Gasteiger partial charge in [0.05, 0.1) is 18.9 Å². The van der Waals surface area contributed by atoms with Gasteiger partial charge < -0.3 is 19.8 Å². The second-order valence-corrected chi connectivity index (χ2v) is 5.27. The first-order valence-electron chi connectivity index (χ1n) is 7.50. The van der Waals surface area contributed by atoms with Crippen molar-refractivity contribution in [3.05, 3.63) is 36.8 Å². The zero-order chi connectivity index (χ0) is 14.9. The van der Waals surface area contributed by atoms with Crippen LogP contribution in [0.25, 0.3) is 0 Å². The number of rotatable bonds is 9. The number of aliphatic imine (C=N–C) groups is 1. The van der Waals surface area contributed by atoms with E-state index in [1.807, 2.05) is 18.2 Å². The molecule has 1 aliphatic carbocycles. The van der Waals surface area contributed by atoms with Crippen LogP contribution in [0, 0.1) is 5.92 Å². The lowest BCUT2D eigenvalue weighted by Gasteiger charge is -2.20. The second kappa shape index (κ2) is 8.52. The molecule has 5 nitrogen and oxygen atoms in total. The lowest BCUT2D eigenvalue weighted by atomic mass is 10.2. The molecule has 1 heterocycles. The number of guanidine groups is 1. The van der Waals surface area contributed by atoms with Crippen LogP contribution < -0.4 is 10.6 Å². The van der Waals surface area contributed by atoms with Crippen LogP contribution in [0.3, 0.4) is 0 Å². The first-order valence-corrected chi connectivity index (χ1v) is 7.50. The molecule has 1 fully saturated rings. The summed E-state index contributed by atoms with van der Waals surface area (Å²) in [6, 6.07) is 4.20. The monoisotopic (exact) mass is 291 g/mol. The number of hydrogen-bond donors (Lipinski definition) is 2. The number of methoxy groups -OCH3 is 1. The molecular weight excluding hydrogens is 266 g/mol. The van der Waals surface area contributed by atoms with Gasteiger partial charge in [-0.3, -0.25) is 4.99 Å². The van der Waals surface area contributed by atoms with E-state index in [0.717, 1.165) is 18.1 Å². The summed E-state index contributed by atoms with van der Waals surface area (Å²) >= 11 is 0. The van der Waals surface area contributed by atoms with Crippen molar-refractivity contribution in [2.24, 2.45) is 10.9 Å². The standard InChI is InChI=1S/C16H25N3O2/c1-3-9-17-16(18-10-8-14-5-4-11-21-14)19-15(12-20-2)13-6-7-13/h3-5,11,13,15H,1,6-10,12H2,2H3,(H2,17,18,19). The van der Waals surface area contributed by atoms with Crippen LogP contribution in [-0.2, 0) is 11.2 Å². The molecule has 1 unspecified atom stereocenters. The fourth-order valence-corrected chi connectivity index (χ4v) is 2.20. The lowest BCUT2D eigenvalue weighted by Crippen LogP contribution is -2.46. The number of nitrogens with zero attached hydrogens (tertiary/aromatic N) is 1. The van der Waals surface area contributed by atoms with Crippen molar-refractivity contribution in [2.75, 3.05) is 26.8 Å². The Hall–Kier alpha value is -1.75. The van der Waals surface area contributed by atoms with Crippen molar-refractivity contribution in [1.29, 1.82) is 0 Å². The topological polar surface area (TPSA) is 58.8 Å². The van der Waals surface area contributed by atoms with Crippen LogP contribution >= 0.6 is 0 Å². The molecule has 0 spiro atoms. The van der Waals surface area contributed by atoms with E-state index in [2.05, 4.69) is 22.2 Å². The van der Waals surface area contributed by atoms with Gasteiger partial charge in [-0.25, -0.2) is 0 Å². The average Bonchev–Trinajstić information content (AvgIpc) is 3.21. The number of nitrogens with one attached hydrogen (secondary N) is 2. The van der Waals surface area contributed by atoms with E-state index < -0.39 is 0 Å². The number of hydrogen-bond acceptors (Lipinski definition) is 3. The molecule has 1 atom stereocenters. The molecule has 5 heteroatoms. The highest BCUT2D eigenvalue weighted by molar-refractivity contribution is 5.80. The molecule has 2 N–H and O–H groups in total. The minimum absolute atomic E-state index is 0.328. The summed E-state index contributed by atoms with van der Waals surface area (Å²) in [7, 11) is 1.74. The van der Waals surface area contributed by atoms with Gasteiger partial charge in [-0.2, -0.15) is 0 Å². The maximum Gasteiger partial charge on any atom is 0.191 e. The Morgan fingerprint density at radius 2 is 2.48 bits per heavy atom. The Balaban J connectivity index is 1.86. The average molecular weight is 291 g/mol. The highest BCUT2D eigenvalue weighted by Crippen LogP contribution is 2.32. The molecule has 0 radical (unpaired) electrons. The van der Waals surface area contributed by atoms with Gasteiger partial charge in [-0.1, -0.05) is 6.08 Å². The summed E-state index contributed by atoms with van der Waals surface area (Å²) in [4.78, 5) is 4.60. The van der Waals surface area contributed by atoms with E-state index in [4.69, 9.17) is 9.15 Å². The zero-order valence-corrected chi connectivity index (χ0v) is 12.7. The van der Waals surface area contributed by atoms with E-state index in [0.29, 0.717) is 31.7 Å². The first-order chi connectivity index (χ1) is 10.3. The third-order valence-corrected chi connectivity index (χ3v) is 3.48. The van der Waals surface area contributed by atoms with E-state index in [1.54, 1.807) is 13.4 Å². The quantitative estimate of drug-likeness (QED) is 0.415. The third-order valence-electron chi connectivity index (χ3n) is 3.48. The Bertz CT molecular complexity index is 438. The Kier molecular flexibility index (Phi) is 6.34. The SMILES string of the molecule is C=CCNC(=NCCc1ccco1)NC(COC)C1CC1. The van der Waals surface area contributed by atoms with E-state index in [-0.39, 0.29) is 0 Å². The van der Waals surface area contributed by atoms with Gasteiger partial charge in [0.15, 0.2) is 5.96 Å². The van der Waals surface area contributed by atoms with E-state index >= 15 is 0 Å². The van der Waals surface area contributed by atoms with Crippen LogP contribution in [0.2, 0.25) is 0 Å². The van der Waals surface area contributed by atoms with Crippen LogP contribution in [0.1, 0.15) is 18.6 Å². The molecule has 0 bridgehead atoms. The lowest BCUT2D eigenvalue weighted by molar-refractivity contribution is 0.165. The first kappa shape index (κ1) is 15.6. The van der Waals surface area contributed by atoms with Gasteiger partial charge in [0.1, 0.15) is 5.76 Å². The molecule has 1 aromatic heterocycles. The van der Waals surface area contributed by atoms with Crippen molar-refractivity contribution in [1.82, 2.24) is 10.6 Å². The predicted molar refractivity (Wildman–Crippen MR) is 84.4 cm³/mol. The zero-order valence-electron chi connectivity index (χ0n) is 12.7. The van der Waals surface area contributed by atoms with Gasteiger partial charge in [-0.05, 0) is 30.9 Å². The second-order valence-electron chi connectivity index (χ2n) is 5.27. The van der Waals surface area contributed by atoms with Gasteiger partial charge in [0, 0.05) is 26.6 Å². The molecule has 1 aromatic rings. The largest absolute Gasteiger partial charge is 0.469 e. The molecule has 116 valence electrons. The summed E-state index contributed by atoms with van der Waals surface area (Å²) < 4.78 is 10.6. The van der Waals surface area contributed by atoms with Gasteiger partial charge >= 0.3 is 0 Å². The van der Waals surface area contributed by atoms with Gasteiger partial charge in [0.2, 0.25) is 0 Å². The normalized spacial score (nSPS) is 16.5. The molecular formula is C16H25N3O2. The minimum atomic E-state index is 0.328. The summed E-state index contributed by atoms with van der Waals surface area (Å²) in [6.45, 7) is 5.81. The van der Waals surface area contributed by atoms with Gasteiger partial charge in [-0.15, -0.1) is 6.58 Å². The summed E-state index contributed by atoms with van der Waals surface area (Å²) in [5.41, 5.74) is 0. The van der Waals surface area contributed by atoms with Crippen molar-refractivity contribution < 1.29 is 9.15 Å². The highest BCUT2D eigenvalue weighted by atomic mass is 16.5. The molecule has 0 amide bonds. The molecule has 1 aliphatic rings. The van der Waals surface area contributed by atoms with Crippen LogP contribution in [0.5, 0.6) is 0 Å². The number of ether oxygens (including phenoxy) is 1. The third kappa shape index (κ3) is 5.63. The van der Waals surface area contributed by atoms with Crippen molar-refractivity contribution >= 4 is 5.96 Å². The van der Waals surface area contributed by atoms with Crippen LogP contribution in [0.15, 0.2) is 40.5 Å². The van der Waals surface area contributed by atoms with E-state index in [9.17, 15) is 0 Å². The van der Waals surface area contributed by atoms with Gasteiger partial charge in [0.25, 0.3) is 0 Å². The summed E-state index contributed by atoms with van der Waals surface area (Å²) in [5.74, 6) is 2.47. The Morgan fingerprint density at radius 1 is 1.62 bits per heavy atom. The summed E-state index contributed by atoms with van der Waals surface area (Å²) in [6.07, 6.45) is 6.85. The van der Waals surface area contributed by atoms with Crippen molar-refractivity contribution in [2.45, 2.75) is 25.3 Å². The predicted octanol–water partition coefficient (Wildman–Crippen LogP) is 1.97. The van der Waals surface area contributed by atoms with Crippen LogP contribution in [0.4, 0.5) is 0 Å². The smallest absolute Gasteiger partial charge is 0.191 e. The highest BCUT2D eigenvalue weighted by Gasteiger charge is 2.31. The Morgan fingerprint density at radius 3 is 3.10 bits per heavy atom. The molecule has 2 rings (SSSR count). The van der Waals surface area contributed by atoms with Crippen molar-refractivity contribution in [3.63, 3.8) is 0 Å². The maximum absolute atomic E-state index is 5.32. The summed E-state index contributed by atoms with van der Waals surface area (Å²) in [5, 5.41) is 6.72. The molecule has 0 saturated heterocycles. The number of furan rings is 1.